The molecule has 1 fully saturated rings. The monoisotopic (exact) mass is 238 g/mol. The first-order chi connectivity index (χ1) is 7.84. The molecule has 0 aliphatic carbocycles. The zero-order valence-corrected chi connectivity index (χ0v) is 10.2. The maximum Gasteiger partial charge on any atom is 0.0659 e. The van der Waals surface area contributed by atoms with Gasteiger partial charge in [0.05, 0.1) is 11.4 Å². The summed E-state index contributed by atoms with van der Waals surface area (Å²) in [7, 11) is -0.794. The molecule has 1 aromatic rings. The second kappa shape index (κ2) is 6.11. The molecule has 0 aromatic carbocycles. The molecule has 1 aliphatic rings. The van der Waals surface area contributed by atoms with Crippen molar-refractivity contribution < 1.29 is 4.21 Å². The van der Waals surface area contributed by atoms with Crippen molar-refractivity contribution in [2.24, 2.45) is 0 Å². The fourth-order valence-corrected chi connectivity index (χ4v) is 3.35. The Kier molecular flexibility index (Phi) is 4.48. The maximum atomic E-state index is 11.9. The van der Waals surface area contributed by atoms with E-state index >= 15 is 0 Å². The van der Waals surface area contributed by atoms with Gasteiger partial charge in [-0.25, -0.2) is 0 Å². The number of rotatable bonds is 4. The Morgan fingerprint density at radius 1 is 1.44 bits per heavy atom. The van der Waals surface area contributed by atoms with Gasteiger partial charge in [0.2, 0.25) is 0 Å². The maximum absolute atomic E-state index is 11.9. The Labute approximate surface area is 99.1 Å². The Bertz CT molecular complexity index is 336. The van der Waals surface area contributed by atoms with E-state index in [0.29, 0.717) is 11.8 Å². The third-order valence-corrected chi connectivity index (χ3v) is 4.23. The topological polar surface area (TPSA) is 42.0 Å². The van der Waals surface area contributed by atoms with Gasteiger partial charge in [-0.05, 0) is 31.5 Å². The number of hydrogen-bond donors (Lipinski definition) is 1. The molecule has 0 saturated carbocycles. The number of pyridine rings is 1. The molecule has 3 nitrogen and oxygen atoms in total. The van der Waals surface area contributed by atoms with Crippen LogP contribution in [-0.4, -0.2) is 27.5 Å². The number of nitrogens with one attached hydrogen (secondary N) is 1. The molecule has 2 heterocycles. The molecule has 0 unspecified atom stereocenters. The highest BCUT2D eigenvalue weighted by atomic mass is 32.2. The molecule has 4 heteroatoms. The van der Waals surface area contributed by atoms with Gasteiger partial charge in [0.25, 0.3) is 0 Å². The summed E-state index contributed by atoms with van der Waals surface area (Å²) in [5.41, 5.74) is 0.927. The average molecular weight is 238 g/mol. The normalized spacial score (nSPS) is 22.9. The van der Waals surface area contributed by atoms with Crippen molar-refractivity contribution in [3.05, 3.63) is 30.1 Å². The number of aromatic nitrogens is 1. The van der Waals surface area contributed by atoms with Crippen LogP contribution < -0.4 is 5.32 Å². The summed E-state index contributed by atoms with van der Waals surface area (Å²) in [6, 6.07) is 6.21. The van der Waals surface area contributed by atoms with Gasteiger partial charge < -0.3 is 5.32 Å². The van der Waals surface area contributed by atoms with Crippen molar-refractivity contribution in [3.63, 3.8) is 0 Å². The molecule has 0 spiro atoms. The van der Waals surface area contributed by atoms with E-state index < -0.39 is 10.8 Å². The van der Waals surface area contributed by atoms with Gasteiger partial charge in [-0.3, -0.25) is 9.19 Å². The largest absolute Gasteiger partial charge is 0.313 e. The van der Waals surface area contributed by atoms with Gasteiger partial charge in [-0.2, -0.15) is 0 Å². The molecule has 88 valence electrons. The minimum absolute atomic E-state index is 0.443. The van der Waals surface area contributed by atoms with Gasteiger partial charge >= 0.3 is 0 Å². The molecule has 1 saturated heterocycles. The molecule has 0 bridgehead atoms. The SMILES string of the molecule is O=[S@@](Cc1ccccn1)C[C@H]1CCCCN1. The van der Waals surface area contributed by atoms with Crippen molar-refractivity contribution in [2.45, 2.75) is 31.1 Å². The molecule has 2 atom stereocenters. The van der Waals surface area contributed by atoms with Crippen molar-refractivity contribution in [2.75, 3.05) is 12.3 Å². The van der Waals surface area contributed by atoms with Crippen LogP contribution in [0.3, 0.4) is 0 Å². The lowest BCUT2D eigenvalue weighted by Crippen LogP contribution is -2.38. The van der Waals surface area contributed by atoms with E-state index in [2.05, 4.69) is 10.3 Å². The molecule has 0 amide bonds. The van der Waals surface area contributed by atoms with Crippen LogP contribution in [0.5, 0.6) is 0 Å². The van der Waals surface area contributed by atoms with Gasteiger partial charge in [0.15, 0.2) is 0 Å². The third kappa shape index (κ3) is 3.68. The fraction of sp³-hybridized carbons (Fsp3) is 0.583. The second-order valence-corrected chi connectivity index (χ2v) is 5.72. The summed E-state index contributed by atoms with van der Waals surface area (Å²) < 4.78 is 11.9. The lowest BCUT2D eigenvalue weighted by Gasteiger charge is -2.22. The number of hydrogen-bond acceptors (Lipinski definition) is 3. The van der Waals surface area contributed by atoms with E-state index in [4.69, 9.17) is 0 Å². The predicted octanol–water partition coefficient (Wildman–Crippen LogP) is 1.47. The molecular formula is C12H18N2OS. The van der Waals surface area contributed by atoms with Crippen LogP contribution in [0.1, 0.15) is 25.0 Å². The van der Waals surface area contributed by atoms with Crippen molar-refractivity contribution in [1.29, 1.82) is 0 Å². The molecule has 2 rings (SSSR count). The Hall–Kier alpha value is -0.740. The lowest BCUT2D eigenvalue weighted by molar-refractivity contribution is 0.427. The first kappa shape index (κ1) is 11.7. The molecule has 0 radical (unpaired) electrons. The quantitative estimate of drug-likeness (QED) is 0.864. The minimum Gasteiger partial charge on any atom is -0.313 e. The van der Waals surface area contributed by atoms with Crippen LogP contribution in [0.2, 0.25) is 0 Å². The molecule has 16 heavy (non-hydrogen) atoms. The highest BCUT2D eigenvalue weighted by molar-refractivity contribution is 7.84. The third-order valence-electron chi connectivity index (χ3n) is 2.83. The van der Waals surface area contributed by atoms with Crippen LogP contribution >= 0.6 is 0 Å². The van der Waals surface area contributed by atoms with Gasteiger partial charge in [-0.15, -0.1) is 0 Å². The average Bonchev–Trinajstić information content (AvgIpc) is 2.31. The molecule has 1 aliphatic heterocycles. The highest BCUT2D eigenvalue weighted by Gasteiger charge is 2.15. The Morgan fingerprint density at radius 2 is 2.38 bits per heavy atom. The van der Waals surface area contributed by atoms with Crippen LogP contribution in [0.4, 0.5) is 0 Å². The van der Waals surface area contributed by atoms with Crippen molar-refractivity contribution in [1.82, 2.24) is 10.3 Å². The van der Waals surface area contributed by atoms with Gasteiger partial charge in [-0.1, -0.05) is 12.5 Å². The van der Waals surface area contributed by atoms with E-state index in [1.165, 1.54) is 12.8 Å². The number of nitrogens with zero attached hydrogens (tertiary/aromatic N) is 1. The summed E-state index contributed by atoms with van der Waals surface area (Å²) in [5.74, 6) is 1.34. The highest BCUT2D eigenvalue weighted by Crippen LogP contribution is 2.09. The molecule has 1 N–H and O–H groups in total. The summed E-state index contributed by atoms with van der Waals surface area (Å²) in [5, 5.41) is 3.42. The van der Waals surface area contributed by atoms with Crippen LogP contribution in [0, 0.1) is 0 Å². The lowest BCUT2D eigenvalue weighted by atomic mass is 10.1. The summed E-state index contributed by atoms with van der Waals surface area (Å²) in [6.07, 6.45) is 5.43. The standard InChI is InChI=1S/C12H18N2OS/c15-16(9-11-5-1-3-7-13-11)10-12-6-2-4-8-14-12/h1,3,5,7,12,14H,2,4,6,8-10H2/t12-,16+/m1/s1. The molecular weight excluding hydrogens is 220 g/mol. The van der Waals surface area contributed by atoms with E-state index in [-0.39, 0.29) is 0 Å². The van der Waals surface area contributed by atoms with Crippen molar-refractivity contribution in [3.8, 4) is 0 Å². The fourth-order valence-electron chi connectivity index (χ4n) is 2.00. The summed E-state index contributed by atoms with van der Waals surface area (Å²) >= 11 is 0. The van der Waals surface area contributed by atoms with Crippen LogP contribution in [-0.2, 0) is 16.6 Å². The molecule has 1 aromatic heterocycles. The zero-order valence-electron chi connectivity index (χ0n) is 9.39. The first-order valence-electron chi connectivity index (χ1n) is 5.83. The minimum atomic E-state index is -0.794. The van der Waals surface area contributed by atoms with E-state index in [9.17, 15) is 4.21 Å². The Balaban J connectivity index is 1.80. The van der Waals surface area contributed by atoms with Crippen LogP contribution in [0.25, 0.3) is 0 Å². The predicted molar refractivity (Wildman–Crippen MR) is 66.6 cm³/mol. The smallest absolute Gasteiger partial charge is 0.0659 e. The van der Waals surface area contributed by atoms with E-state index in [0.717, 1.165) is 24.4 Å². The zero-order chi connectivity index (χ0) is 11.2. The summed E-state index contributed by atoms with van der Waals surface area (Å²) in [6.45, 7) is 1.07. The van der Waals surface area contributed by atoms with Crippen LogP contribution in [0.15, 0.2) is 24.4 Å². The number of piperidine rings is 1. The van der Waals surface area contributed by atoms with E-state index in [1.807, 2.05) is 18.2 Å². The van der Waals surface area contributed by atoms with E-state index in [1.54, 1.807) is 6.20 Å². The van der Waals surface area contributed by atoms with Crippen molar-refractivity contribution >= 4 is 10.8 Å². The van der Waals surface area contributed by atoms with Gasteiger partial charge in [0.1, 0.15) is 0 Å². The second-order valence-electron chi connectivity index (χ2n) is 4.22. The Morgan fingerprint density at radius 3 is 3.06 bits per heavy atom. The van der Waals surface area contributed by atoms with Gasteiger partial charge in [0, 0.05) is 28.8 Å². The summed E-state index contributed by atoms with van der Waals surface area (Å²) in [4.78, 5) is 4.20. The first-order valence-corrected chi connectivity index (χ1v) is 7.31.